The number of rotatable bonds is 3. The molecule has 1 fully saturated rings. The maximum absolute atomic E-state index is 14.0. The summed E-state index contributed by atoms with van der Waals surface area (Å²) < 4.78 is 27.9. The van der Waals surface area contributed by atoms with E-state index in [2.05, 4.69) is 10.6 Å². The molecule has 2 atom stereocenters. The zero-order chi connectivity index (χ0) is 13.9. The van der Waals surface area contributed by atoms with E-state index in [1.807, 2.05) is 6.92 Å². The molecule has 3 nitrogen and oxygen atoms in total. The van der Waals surface area contributed by atoms with Crippen LogP contribution in [-0.2, 0) is 10.7 Å². The minimum Gasteiger partial charge on any atom is -0.348 e. The van der Waals surface area contributed by atoms with Crippen molar-refractivity contribution in [3.63, 3.8) is 0 Å². The second-order valence-corrected chi connectivity index (χ2v) is 4.99. The molecule has 1 aromatic rings. The van der Waals surface area contributed by atoms with Crippen molar-refractivity contribution >= 4 is 18.3 Å². The first-order chi connectivity index (χ1) is 9.00. The zero-order valence-corrected chi connectivity index (χ0v) is 12.1. The van der Waals surface area contributed by atoms with Gasteiger partial charge in [0.05, 0.1) is 0 Å². The monoisotopic (exact) mass is 304 g/mol. The first-order valence-corrected chi connectivity index (χ1v) is 6.48. The lowest BCUT2D eigenvalue weighted by atomic mass is 9.99. The average molecular weight is 305 g/mol. The normalized spacial score (nSPS) is 22.8. The van der Waals surface area contributed by atoms with Crippen molar-refractivity contribution in [2.75, 3.05) is 6.54 Å². The molecule has 0 saturated carbocycles. The van der Waals surface area contributed by atoms with Crippen molar-refractivity contribution in [3.05, 3.63) is 35.9 Å². The Morgan fingerprint density at radius 2 is 2.00 bits per heavy atom. The van der Waals surface area contributed by atoms with E-state index < -0.39 is 11.8 Å². The van der Waals surface area contributed by atoms with Gasteiger partial charge >= 0.3 is 5.92 Å². The number of carbonyl (C=O) groups excluding carboxylic acids is 1. The van der Waals surface area contributed by atoms with Crippen molar-refractivity contribution < 1.29 is 13.6 Å². The topological polar surface area (TPSA) is 41.1 Å². The standard InChI is InChI=1S/C14H18F2N2O.ClH/c1-10-9-12(7-8-17-10)18-13(19)14(15,16)11-5-3-2-4-6-11;/h2-6,10,12,17H,7-9H2,1H3,(H,18,19);1H. The summed E-state index contributed by atoms with van der Waals surface area (Å²) in [7, 11) is 0. The molecule has 1 amide bonds. The number of alkyl halides is 2. The minimum atomic E-state index is -3.48. The first kappa shape index (κ1) is 16.9. The van der Waals surface area contributed by atoms with E-state index in [9.17, 15) is 13.6 Å². The Bertz CT molecular complexity index is 442. The molecule has 1 heterocycles. The van der Waals surface area contributed by atoms with Gasteiger partial charge < -0.3 is 10.6 Å². The fraction of sp³-hybridized carbons (Fsp3) is 0.500. The maximum Gasteiger partial charge on any atom is 0.349 e. The summed E-state index contributed by atoms with van der Waals surface area (Å²) in [4.78, 5) is 11.8. The van der Waals surface area contributed by atoms with Crippen molar-refractivity contribution in [2.45, 2.75) is 37.8 Å². The molecule has 1 saturated heterocycles. The number of halogens is 3. The van der Waals surface area contributed by atoms with E-state index in [-0.39, 0.29) is 30.1 Å². The van der Waals surface area contributed by atoms with Crippen LogP contribution >= 0.6 is 12.4 Å². The number of carbonyl (C=O) groups is 1. The highest BCUT2D eigenvalue weighted by molar-refractivity contribution is 5.85. The molecule has 20 heavy (non-hydrogen) atoms. The number of hydrogen-bond donors (Lipinski definition) is 2. The zero-order valence-electron chi connectivity index (χ0n) is 11.2. The Morgan fingerprint density at radius 1 is 1.35 bits per heavy atom. The molecule has 1 aliphatic rings. The third kappa shape index (κ3) is 3.90. The smallest absolute Gasteiger partial charge is 0.348 e. The predicted molar refractivity (Wildman–Crippen MR) is 76.2 cm³/mol. The summed E-state index contributed by atoms with van der Waals surface area (Å²) in [5, 5.41) is 5.68. The SMILES string of the molecule is CC1CC(NC(=O)C(F)(F)c2ccccc2)CCN1.Cl. The van der Waals surface area contributed by atoms with E-state index in [4.69, 9.17) is 0 Å². The van der Waals surface area contributed by atoms with Crippen molar-refractivity contribution in [3.8, 4) is 0 Å². The van der Waals surface area contributed by atoms with E-state index >= 15 is 0 Å². The van der Waals surface area contributed by atoms with Gasteiger partial charge in [-0.05, 0) is 26.3 Å². The van der Waals surface area contributed by atoms with Gasteiger partial charge in [-0.3, -0.25) is 4.79 Å². The van der Waals surface area contributed by atoms with Gasteiger partial charge in [-0.25, -0.2) is 0 Å². The molecule has 2 unspecified atom stereocenters. The largest absolute Gasteiger partial charge is 0.349 e. The third-order valence-electron chi connectivity index (χ3n) is 3.38. The quantitative estimate of drug-likeness (QED) is 0.900. The van der Waals surface area contributed by atoms with Gasteiger partial charge in [0.1, 0.15) is 0 Å². The van der Waals surface area contributed by atoms with Crippen LogP contribution in [0, 0.1) is 0 Å². The molecule has 1 aromatic carbocycles. The molecule has 6 heteroatoms. The van der Waals surface area contributed by atoms with Gasteiger partial charge in [-0.1, -0.05) is 30.3 Å². The lowest BCUT2D eigenvalue weighted by molar-refractivity contribution is -0.148. The lowest BCUT2D eigenvalue weighted by Gasteiger charge is -2.30. The highest BCUT2D eigenvalue weighted by Crippen LogP contribution is 2.28. The van der Waals surface area contributed by atoms with Crippen molar-refractivity contribution in [1.82, 2.24) is 10.6 Å². The van der Waals surface area contributed by atoms with Crippen molar-refractivity contribution in [1.29, 1.82) is 0 Å². The Labute approximate surface area is 123 Å². The van der Waals surface area contributed by atoms with Gasteiger partial charge in [0.2, 0.25) is 0 Å². The molecular formula is C14H19ClF2N2O. The molecule has 2 rings (SSSR count). The summed E-state index contributed by atoms with van der Waals surface area (Å²) in [5.41, 5.74) is -0.269. The molecule has 0 aliphatic carbocycles. The Morgan fingerprint density at radius 3 is 2.60 bits per heavy atom. The average Bonchev–Trinajstić information content (AvgIpc) is 2.39. The van der Waals surface area contributed by atoms with Crippen LogP contribution in [0.2, 0.25) is 0 Å². The van der Waals surface area contributed by atoms with E-state index in [1.54, 1.807) is 6.07 Å². The van der Waals surface area contributed by atoms with Crippen molar-refractivity contribution in [2.24, 2.45) is 0 Å². The number of piperidine rings is 1. The second kappa shape index (κ2) is 6.99. The highest BCUT2D eigenvalue weighted by atomic mass is 35.5. The molecule has 0 aromatic heterocycles. The maximum atomic E-state index is 14.0. The molecule has 0 spiro atoms. The molecule has 1 aliphatic heterocycles. The summed E-state index contributed by atoms with van der Waals surface area (Å²) >= 11 is 0. The Balaban J connectivity index is 0.00000200. The van der Waals surface area contributed by atoms with Gasteiger partial charge in [-0.2, -0.15) is 8.78 Å². The van der Waals surface area contributed by atoms with Crippen LogP contribution in [0.15, 0.2) is 30.3 Å². The predicted octanol–water partition coefficient (Wildman–Crippen LogP) is 2.46. The fourth-order valence-electron chi connectivity index (χ4n) is 2.32. The molecule has 2 N–H and O–H groups in total. The van der Waals surface area contributed by atoms with Crippen LogP contribution in [0.25, 0.3) is 0 Å². The highest BCUT2D eigenvalue weighted by Gasteiger charge is 2.41. The van der Waals surface area contributed by atoms with Crippen LogP contribution in [0.1, 0.15) is 25.3 Å². The van der Waals surface area contributed by atoms with E-state index in [0.717, 1.165) is 6.54 Å². The number of benzene rings is 1. The number of amides is 1. The van der Waals surface area contributed by atoms with E-state index in [0.29, 0.717) is 12.8 Å². The van der Waals surface area contributed by atoms with E-state index in [1.165, 1.54) is 24.3 Å². The van der Waals surface area contributed by atoms with Gasteiger partial charge in [0, 0.05) is 17.6 Å². The Kier molecular flexibility index (Phi) is 5.89. The summed E-state index contributed by atoms with van der Waals surface area (Å²) in [6.45, 7) is 2.72. The fourth-order valence-corrected chi connectivity index (χ4v) is 2.32. The Hall–Kier alpha value is -1.20. The van der Waals surface area contributed by atoms with Gasteiger partial charge in [-0.15, -0.1) is 12.4 Å². The first-order valence-electron chi connectivity index (χ1n) is 6.48. The summed E-state index contributed by atoms with van der Waals surface area (Å²) in [6.07, 6.45) is 1.36. The molecule has 0 radical (unpaired) electrons. The van der Waals surface area contributed by atoms with Crippen LogP contribution in [0.4, 0.5) is 8.78 Å². The summed E-state index contributed by atoms with van der Waals surface area (Å²) in [5.74, 6) is -4.69. The molecular weight excluding hydrogens is 286 g/mol. The second-order valence-electron chi connectivity index (χ2n) is 4.99. The van der Waals surface area contributed by atoms with Crippen LogP contribution < -0.4 is 10.6 Å². The van der Waals surface area contributed by atoms with Gasteiger partial charge in [0.15, 0.2) is 0 Å². The van der Waals surface area contributed by atoms with Crippen LogP contribution in [0.5, 0.6) is 0 Å². The summed E-state index contributed by atoms with van der Waals surface area (Å²) in [6, 6.07) is 7.25. The van der Waals surface area contributed by atoms with Crippen LogP contribution in [0.3, 0.4) is 0 Å². The van der Waals surface area contributed by atoms with Gasteiger partial charge in [0.25, 0.3) is 5.91 Å². The lowest BCUT2D eigenvalue weighted by Crippen LogP contribution is -2.50. The minimum absolute atomic E-state index is 0. The number of hydrogen-bond acceptors (Lipinski definition) is 2. The third-order valence-corrected chi connectivity index (χ3v) is 3.38. The molecule has 0 bridgehead atoms. The molecule has 112 valence electrons. The number of nitrogens with one attached hydrogen (secondary N) is 2. The van der Waals surface area contributed by atoms with Crippen LogP contribution in [-0.4, -0.2) is 24.5 Å².